The Bertz CT molecular complexity index is 300. The Morgan fingerprint density at radius 2 is 1.79 bits per heavy atom. The average molecular weight is 267 g/mol. The van der Waals surface area contributed by atoms with Crippen LogP contribution >= 0.6 is 0 Å². The van der Waals surface area contributed by atoms with Crippen LogP contribution in [-0.4, -0.2) is 35.1 Å². The summed E-state index contributed by atoms with van der Waals surface area (Å²) in [5, 5.41) is 9.27. The van der Waals surface area contributed by atoms with Gasteiger partial charge in [-0.2, -0.15) is 0 Å². The monoisotopic (exact) mass is 267 g/mol. The molecule has 2 rings (SSSR count). The summed E-state index contributed by atoms with van der Waals surface area (Å²) in [5.41, 5.74) is -0.476. The lowest BCUT2D eigenvalue weighted by Gasteiger charge is -2.43. The van der Waals surface area contributed by atoms with Gasteiger partial charge in [0.05, 0.1) is 5.41 Å². The number of nitrogens with zero attached hydrogens (tertiary/aromatic N) is 1. The number of carboxylic acid groups (broad SMARTS) is 1. The number of rotatable bonds is 4. The maximum absolute atomic E-state index is 11.3. The number of piperidine rings is 1. The van der Waals surface area contributed by atoms with Crippen molar-refractivity contribution in [2.75, 3.05) is 13.1 Å². The van der Waals surface area contributed by atoms with Crippen molar-refractivity contribution < 1.29 is 9.90 Å². The summed E-state index contributed by atoms with van der Waals surface area (Å²) in [6.07, 6.45) is 9.76. The molecule has 1 saturated heterocycles. The highest BCUT2D eigenvalue weighted by Gasteiger charge is 2.38. The van der Waals surface area contributed by atoms with Gasteiger partial charge in [-0.3, -0.25) is 4.79 Å². The maximum Gasteiger partial charge on any atom is 0.309 e. The summed E-state index contributed by atoms with van der Waals surface area (Å²) in [6.45, 7) is 6.14. The van der Waals surface area contributed by atoms with Crippen molar-refractivity contribution in [3.63, 3.8) is 0 Å². The predicted octanol–water partition coefficient (Wildman–Crippen LogP) is 3.53. The van der Waals surface area contributed by atoms with E-state index in [0.29, 0.717) is 0 Å². The van der Waals surface area contributed by atoms with Crippen LogP contribution < -0.4 is 0 Å². The molecule has 3 heteroatoms. The molecule has 0 radical (unpaired) electrons. The van der Waals surface area contributed by atoms with E-state index in [-0.39, 0.29) is 0 Å². The Kier molecular flexibility index (Phi) is 4.88. The van der Waals surface area contributed by atoms with Crippen LogP contribution in [0.5, 0.6) is 0 Å². The zero-order chi connectivity index (χ0) is 13.9. The molecule has 1 aliphatic carbocycles. The Balaban J connectivity index is 1.78. The number of hydrogen-bond donors (Lipinski definition) is 1. The smallest absolute Gasteiger partial charge is 0.309 e. The first-order valence-corrected chi connectivity index (χ1v) is 8.02. The molecule has 0 aromatic rings. The van der Waals surface area contributed by atoms with Gasteiger partial charge in [-0.05, 0) is 64.5 Å². The van der Waals surface area contributed by atoms with Crippen molar-refractivity contribution in [3.05, 3.63) is 0 Å². The van der Waals surface area contributed by atoms with Crippen LogP contribution in [0.3, 0.4) is 0 Å². The van der Waals surface area contributed by atoms with E-state index >= 15 is 0 Å². The summed E-state index contributed by atoms with van der Waals surface area (Å²) >= 11 is 0. The van der Waals surface area contributed by atoms with E-state index < -0.39 is 11.4 Å². The Morgan fingerprint density at radius 3 is 2.26 bits per heavy atom. The lowest BCUT2D eigenvalue weighted by atomic mass is 9.78. The quantitative estimate of drug-likeness (QED) is 0.847. The number of carboxylic acids is 1. The standard InChI is InChI=1S/C16H29NO2/c1-3-4-13-5-7-14(8-6-13)17-11-9-16(2,10-12-17)15(18)19/h13-14H,3-12H2,1-2H3,(H,18,19). The lowest BCUT2D eigenvalue weighted by Crippen LogP contribution is -2.47. The second kappa shape index (κ2) is 6.25. The minimum absolute atomic E-state index is 0.476. The van der Waals surface area contributed by atoms with E-state index in [1.165, 1.54) is 38.5 Å². The first kappa shape index (κ1) is 14.8. The molecular weight excluding hydrogens is 238 g/mol. The van der Waals surface area contributed by atoms with Crippen LogP contribution in [0.15, 0.2) is 0 Å². The van der Waals surface area contributed by atoms with Crippen molar-refractivity contribution in [1.29, 1.82) is 0 Å². The van der Waals surface area contributed by atoms with Crippen LogP contribution in [0.4, 0.5) is 0 Å². The molecule has 0 spiro atoms. The third-order valence-corrected chi connectivity index (χ3v) is 5.45. The van der Waals surface area contributed by atoms with Crippen molar-refractivity contribution in [2.24, 2.45) is 11.3 Å². The van der Waals surface area contributed by atoms with E-state index in [4.69, 9.17) is 0 Å². The topological polar surface area (TPSA) is 40.5 Å². The lowest BCUT2D eigenvalue weighted by molar-refractivity contribution is -0.151. The molecule has 2 fully saturated rings. The van der Waals surface area contributed by atoms with Crippen LogP contribution in [-0.2, 0) is 4.79 Å². The Morgan fingerprint density at radius 1 is 1.21 bits per heavy atom. The summed E-state index contributed by atoms with van der Waals surface area (Å²) in [4.78, 5) is 13.8. The van der Waals surface area contributed by atoms with E-state index in [1.54, 1.807) is 0 Å². The summed E-state index contributed by atoms with van der Waals surface area (Å²) in [5.74, 6) is 0.342. The third kappa shape index (κ3) is 3.50. The maximum atomic E-state index is 11.3. The van der Waals surface area contributed by atoms with E-state index in [9.17, 15) is 9.90 Å². The van der Waals surface area contributed by atoms with Gasteiger partial charge in [0.2, 0.25) is 0 Å². The van der Waals surface area contributed by atoms with Crippen LogP contribution in [0.1, 0.15) is 65.2 Å². The summed E-state index contributed by atoms with van der Waals surface area (Å²) < 4.78 is 0. The number of likely N-dealkylation sites (tertiary alicyclic amines) is 1. The van der Waals surface area contributed by atoms with Gasteiger partial charge in [0, 0.05) is 6.04 Å². The number of carbonyl (C=O) groups is 1. The normalized spacial score (nSPS) is 32.1. The second-order valence-electron chi connectivity index (χ2n) is 6.87. The minimum atomic E-state index is -0.612. The highest BCUT2D eigenvalue weighted by Crippen LogP contribution is 2.36. The molecule has 19 heavy (non-hydrogen) atoms. The van der Waals surface area contributed by atoms with Crippen LogP contribution in [0.2, 0.25) is 0 Å². The summed E-state index contributed by atoms with van der Waals surface area (Å²) in [6, 6.07) is 0.728. The van der Waals surface area contributed by atoms with Crippen molar-refractivity contribution >= 4 is 5.97 Å². The largest absolute Gasteiger partial charge is 0.481 e. The van der Waals surface area contributed by atoms with Crippen molar-refractivity contribution in [3.8, 4) is 0 Å². The fourth-order valence-electron chi connectivity index (χ4n) is 3.80. The van der Waals surface area contributed by atoms with E-state index in [0.717, 1.165) is 37.9 Å². The zero-order valence-electron chi connectivity index (χ0n) is 12.5. The van der Waals surface area contributed by atoms with Crippen molar-refractivity contribution in [2.45, 2.75) is 71.3 Å². The fraction of sp³-hybridized carbons (Fsp3) is 0.938. The molecule has 1 N–H and O–H groups in total. The van der Waals surface area contributed by atoms with Gasteiger partial charge >= 0.3 is 5.97 Å². The summed E-state index contributed by atoms with van der Waals surface area (Å²) in [7, 11) is 0. The third-order valence-electron chi connectivity index (χ3n) is 5.45. The van der Waals surface area contributed by atoms with E-state index in [1.807, 2.05) is 6.92 Å². The second-order valence-corrected chi connectivity index (χ2v) is 6.87. The van der Waals surface area contributed by atoms with E-state index in [2.05, 4.69) is 11.8 Å². The molecule has 0 atom stereocenters. The zero-order valence-corrected chi connectivity index (χ0v) is 12.5. The van der Waals surface area contributed by atoms with Gasteiger partial charge in [0.25, 0.3) is 0 Å². The molecule has 1 saturated carbocycles. The SMILES string of the molecule is CCCC1CCC(N2CCC(C)(C(=O)O)CC2)CC1. The van der Waals surface area contributed by atoms with Crippen LogP contribution in [0, 0.1) is 11.3 Å². The minimum Gasteiger partial charge on any atom is -0.481 e. The predicted molar refractivity (Wildman–Crippen MR) is 77.2 cm³/mol. The molecular formula is C16H29NO2. The molecule has 2 aliphatic rings. The van der Waals surface area contributed by atoms with Gasteiger partial charge in [-0.1, -0.05) is 19.8 Å². The van der Waals surface area contributed by atoms with Gasteiger partial charge in [0.1, 0.15) is 0 Å². The van der Waals surface area contributed by atoms with Gasteiger partial charge in [0.15, 0.2) is 0 Å². The fourth-order valence-corrected chi connectivity index (χ4v) is 3.80. The molecule has 0 aromatic carbocycles. The highest BCUT2D eigenvalue weighted by molar-refractivity contribution is 5.74. The molecule has 0 amide bonds. The first-order chi connectivity index (χ1) is 9.05. The Labute approximate surface area is 117 Å². The number of aliphatic carboxylic acids is 1. The van der Waals surface area contributed by atoms with Gasteiger partial charge in [-0.25, -0.2) is 0 Å². The van der Waals surface area contributed by atoms with Gasteiger partial charge < -0.3 is 10.0 Å². The molecule has 1 aliphatic heterocycles. The van der Waals surface area contributed by atoms with Gasteiger partial charge in [-0.15, -0.1) is 0 Å². The number of hydrogen-bond acceptors (Lipinski definition) is 2. The molecule has 110 valence electrons. The first-order valence-electron chi connectivity index (χ1n) is 8.02. The Hall–Kier alpha value is -0.570. The molecule has 3 nitrogen and oxygen atoms in total. The molecule has 0 aromatic heterocycles. The molecule has 1 heterocycles. The highest BCUT2D eigenvalue weighted by atomic mass is 16.4. The molecule has 0 bridgehead atoms. The van der Waals surface area contributed by atoms with Crippen LogP contribution in [0.25, 0.3) is 0 Å². The molecule has 0 unspecified atom stereocenters. The van der Waals surface area contributed by atoms with Crippen molar-refractivity contribution in [1.82, 2.24) is 4.90 Å². The average Bonchev–Trinajstić information content (AvgIpc) is 2.41.